The Kier molecular flexibility index (Phi) is 5.28. The van der Waals surface area contributed by atoms with Crippen LogP contribution in [0.4, 0.5) is 0 Å². The van der Waals surface area contributed by atoms with E-state index in [1.54, 1.807) is 16.8 Å². The number of carbonyl (C=O) groups is 2. The maximum absolute atomic E-state index is 13.2. The number of hydrogen-bond donors (Lipinski definition) is 2. The molecule has 0 unspecified atom stereocenters. The predicted molar refractivity (Wildman–Crippen MR) is 125 cm³/mol. The van der Waals surface area contributed by atoms with Gasteiger partial charge in [0, 0.05) is 17.3 Å². The molecule has 7 heteroatoms. The lowest BCUT2D eigenvalue weighted by Crippen LogP contribution is -2.26. The Balaban J connectivity index is 1.43. The zero-order valence-corrected chi connectivity index (χ0v) is 17.6. The summed E-state index contributed by atoms with van der Waals surface area (Å²) < 4.78 is 1.69. The second-order valence-electron chi connectivity index (χ2n) is 7.70. The molecule has 0 bridgehead atoms. The maximum Gasteiger partial charge on any atom is 0.335 e. The van der Waals surface area contributed by atoms with Crippen molar-refractivity contribution in [2.45, 2.75) is 13.1 Å². The summed E-state index contributed by atoms with van der Waals surface area (Å²) in [6, 6.07) is 25.8. The second-order valence-corrected chi connectivity index (χ2v) is 7.70. The van der Waals surface area contributed by atoms with Gasteiger partial charge in [-0.15, -0.1) is 0 Å². The molecule has 5 rings (SSSR count). The van der Waals surface area contributed by atoms with Crippen molar-refractivity contribution in [3.8, 4) is 0 Å². The van der Waals surface area contributed by atoms with Crippen LogP contribution in [0.25, 0.3) is 21.8 Å². The molecule has 0 radical (unpaired) electrons. The van der Waals surface area contributed by atoms with Crippen LogP contribution >= 0.6 is 0 Å². The van der Waals surface area contributed by atoms with E-state index in [-0.39, 0.29) is 18.0 Å². The number of aromatic carboxylic acids is 1. The molecule has 0 spiro atoms. The molecule has 0 saturated heterocycles. The molecule has 0 aliphatic carbocycles. The summed E-state index contributed by atoms with van der Waals surface area (Å²) in [5.74, 6) is -1.24. The van der Waals surface area contributed by atoms with E-state index < -0.39 is 5.97 Å². The van der Waals surface area contributed by atoms with Gasteiger partial charge in [0.15, 0.2) is 0 Å². The Labute approximate surface area is 189 Å². The molecular formula is C26H20N4O3. The minimum absolute atomic E-state index is 0.206. The van der Waals surface area contributed by atoms with Crippen molar-refractivity contribution in [3.63, 3.8) is 0 Å². The summed E-state index contributed by atoms with van der Waals surface area (Å²) in [4.78, 5) is 29.0. The monoisotopic (exact) mass is 436 g/mol. The van der Waals surface area contributed by atoms with Crippen molar-refractivity contribution in [2.75, 3.05) is 0 Å². The number of benzene rings is 3. The van der Waals surface area contributed by atoms with Crippen LogP contribution in [0.15, 0.2) is 84.9 Å². The molecule has 7 nitrogen and oxygen atoms in total. The zero-order chi connectivity index (χ0) is 22.8. The fourth-order valence-electron chi connectivity index (χ4n) is 3.82. The number of carboxylic acid groups (broad SMARTS) is 1. The topological polar surface area (TPSA) is 97.1 Å². The first-order valence-corrected chi connectivity index (χ1v) is 10.5. The molecule has 0 aliphatic rings. The van der Waals surface area contributed by atoms with Gasteiger partial charge in [0.05, 0.1) is 28.8 Å². The third-order valence-corrected chi connectivity index (χ3v) is 5.48. The number of hydrogen-bond acceptors (Lipinski definition) is 4. The average Bonchev–Trinajstić information content (AvgIpc) is 3.20. The van der Waals surface area contributed by atoms with Crippen molar-refractivity contribution >= 4 is 33.7 Å². The molecule has 5 aromatic rings. The number of carboxylic acids is 1. The van der Waals surface area contributed by atoms with Gasteiger partial charge in [0.1, 0.15) is 5.69 Å². The third kappa shape index (κ3) is 4.16. The van der Waals surface area contributed by atoms with E-state index in [9.17, 15) is 9.59 Å². The van der Waals surface area contributed by atoms with E-state index in [4.69, 9.17) is 10.1 Å². The van der Waals surface area contributed by atoms with Crippen molar-refractivity contribution < 1.29 is 14.7 Å². The molecule has 0 atom stereocenters. The summed E-state index contributed by atoms with van der Waals surface area (Å²) >= 11 is 0. The Hall–Kier alpha value is -4.52. The number of pyridine rings is 1. The van der Waals surface area contributed by atoms with Crippen LogP contribution in [0.5, 0.6) is 0 Å². The lowest BCUT2D eigenvalue weighted by molar-refractivity contribution is 0.0696. The van der Waals surface area contributed by atoms with Crippen LogP contribution in [0, 0.1) is 0 Å². The molecule has 0 saturated carbocycles. The molecule has 162 valence electrons. The number of para-hydroxylation sites is 1. The second kappa shape index (κ2) is 8.55. The first kappa shape index (κ1) is 20.4. The normalized spacial score (nSPS) is 11.0. The number of amides is 1. The Morgan fingerprint density at radius 3 is 2.36 bits per heavy atom. The van der Waals surface area contributed by atoms with Gasteiger partial charge < -0.3 is 10.4 Å². The third-order valence-electron chi connectivity index (χ3n) is 5.48. The fourth-order valence-corrected chi connectivity index (χ4v) is 3.82. The Morgan fingerprint density at radius 2 is 1.58 bits per heavy atom. The predicted octanol–water partition coefficient (Wildman–Crippen LogP) is 4.26. The number of aromatic nitrogens is 3. The fraction of sp³-hybridized carbons (Fsp3) is 0.0769. The molecular weight excluding hydrogens is 416 g/mol. The molecule has 0 fully saturated rings. The maximum atomic E-state index is 13.2. The van der Waals surface area contributed by atoms with Gasteiger partial charge in [0.2, 0.25) is 0 Å². The smallest absolute Gasteiger partial charge is 0.335 e. The lowest BCUT2D eigenvalue weighted by Gasteiger charge is -2.10. The SMILES string of the molecule is O=C(O)c1ccc(CNC(=O)c2c3ccccc3nn2Cc2ccc3ccccc3n2)cc1. The van der Waals surface area contributed by atoms with Crippen LogP contribution in [-0.4, -0.2) is 31.7 Å². The van der Waals surface area contributed by atoms with Crippen molar-refractivity contribution in [1.82, 2.24) is 20.1 Å². The van der Waals surface area contributed by atoms with E-state index >= 15 is 0 Å². The van der Waals surface area contributed by atoms with Gasteiger partial charge in [0.25, 0.3) is 5.91 Å². The first-order chi connectivity index (χ1) is 16.1. The molecule has 2 heterocycles. The largest absolute Gasteiger partial charge is 0.478 e. The van der Waals surface area contributed by atoms with E-state index in [1.807, 2.05) is 60.7 Å². The quantitative estimate of drug-likeness (QED) is 0.415. The first-order valence-electron chi connectivity index (χ1n) is 10.5. The molecule has 0 aliphatic heterocycles. The Morgan fingerprint density at radius 1 is 0.848 bits per heavy atom. The standard InChI is InChI=1S/C26H20N4O3/c31-25(27-15-17-9-11-19(12-10-17)26(32)33)24-21-6-2-4-8-23(21)29-30(24)16-20-14-13-18-5-1-3-7-22(18)28-20/h1-14H,15-16H2,(H,27,31)(H,32,33). The van der Waals surface area contributed by atoms with Crippen LogP contribution in [0.1, 0.15) is 32.1 Å². The number of nitrogens with zero attached hydrogens (tertiary/aromatic N) is 3. The molecule has 3 aromatic carbocycles. The summed E-state index contributed by atoms with van der Waals surface area (Å²) in [6.07, 6.45) is 0. The molecule has 2 aromatic heterocycles. The minimum Gasteiger partial charge on any atom is -0.478 e. The van der Waals surface area contributed by atoms with Gasteiger partial charge in [-0.25, -0.2) is 4.79 Å². The lowest BCUT2D eigenvalue weighted by atomic mass is 10.1. The summed E-state index contributed by atoms with van der Waals surface area (Å²) in [6.45, 7) is 0.627. The highest BCUT2D eigenvalue weighted by Gasteiger charge is 2.19. The molecule has 1 amide bonds. The van der Waals surface area contributed by atoms with Crippen molar-refractivity contribution in [2.24, 2.45) is 0 Å². The zero-order valence-electron chi connectivity index (χ0n) is 17.6. The van der Waals surface area contributed by atoms with E-state index in [2.05, 4.69) is 10.4 Å². The highest BCUT2D eigenvalue weighted by atomic mass is 16.4. The van der Waals surface area contributed by atoms with Gasteiger partial charge in [-0.3, -0.25) is 14.5 Å². The molecule has 33 heavy (non-hydrogen) atoms. The van der Waals surface area contributed by atoms with E-state index in [0.717, 1.165) is 33.1 Å². The van der Waals surface area contributed by atoms with E-state index in [1.165, 1.54) is 12.1 Å². The van der Waals surface area contributed by atoms with Gasteiger partial charge in [-0.1, -0.05) is 54.6 Å². The minimum atomic E-state index is -0.983. The molecule has 2 N–H and O–H groups in total. The number of carbonyl (C=O) groups excluding carboxylic acids is 1. The highest BCUT2D eigenvalue weighted by molar-refractivity contribution is 6.05. The van der Waals surface area contributed by atoms with E-state index in [0.29, 0.717) is 12.2 Å². The summed E-state index contributed by atoms with van der Waals surface area (Å²) in [5.41, 5.74) is 3.90. The number of fused-ring (bicyclic) bond motifs is 2. The van der Waals surface area contributed by atoms with Crippen LogP contribution in [0.2, 0.25) is 0 Å². The van der Waals surface area contributed by atoms with Gasteiger partial charge in [-0.05, 0) is 35.9 Å². The van der Waals surface area contributed by atoms with Crippen LogP contribution in [-0.2, 0) is 13.1 Å². The van der Waals surface area contributed by atoms with Gasteiger partial charge >= 0.3 is 5.97 Å². The summed E-state index contributed by atoms with van der Waals surface area (Å²) in [7, 11) is 0. The van der Waals surface area contributed by atoms with Gasteiger partial charge in [-0.2, -0.15) is 5.10 Å². The Bertz CT molecular complexity index is 1490. The number of rotatable bonds is 6. The van der Waals surface area contributed by atoms with Crippen LogP contribution < -0.4 is 5.32 Å². The van der Waals surface area contributed by atoms with Crippen LogP contribution in [0.3, 0.4) is 0 Å². The van der Waals surface area contributed by atoms with Crippen molar-refractivity contribution in [3.05, 3.63) is 107 Å². The summed E-state index contributed by atoms with van der Waals surface area (Å²) in [5, 5.41) is 18.4. The average molecular weight is 436 g/mol. The van der Waals surface area contributed by atoms with Crippen molar-refractivity contribution in [1.29, 1.82) is 0 Å². The highest BCUT2D eigenvalue weighted by Crippen LogP contribution is 2.20. The number of nitrogens with one attached hydrogen (secondary N) is 1.